The second-order valence-corrected chi connectivity index (χ2v) is 6.08. The van der Waals surface area contributed by atoms with Gasteiger partial charge in [-0.3, -0.25) is 0 Å². The molecule has 0 heterocycles. The molecule has 0 atom stereocenters. The number of ether oxygens (including phenoxy) is 1. The van der Waals surface area contributed by atoms with Crippen LogP contribution in [-0.4, -0.2) is 7.11 Å². The van der Waals surface area contributed by atoms with Crippen molar-refractivity contribution in [2.24, 2.45) is 5.73 Å². The number of hydrogen-bond donors (Lipinski definition) is 1. The molecule has 0 amide bonds. The van der Waals surface area contributed by atoms with E-state index in [0.29, 0.717) is 16.6 Å². The first kappa shape index (κ1) is 15.5. The normalized spacial score (nSPS) is 10.6. The van der Waals surface area contributed by atoms with Crippen molar-refractivity contribution < 1.29 is 4.74 Å². The summed E-state index contributed by atoms with van der Waals surface area (Å²) in [6.45, 7) is 0.467. The number of nitrogens with two attached hydrogens (primary N) is 1. The molecule has 0 aliphatic heterocycles. The zero-order chi connectivity index (χ0) is 14.5. The predicted molar refractivity (Wildman–Crippen MR) is 86.9 cm³/mol. The van der Waals surface area contributed by atoms with Crippen LogP contribution >= 0.6 is 35.0 Å². The first-order valence-electron chi connectivity index (χ1n) is 6.07. The van der Waals surface area contributed by atoms with Crippen molar-refractivity contribution in [3.63, 3.8) is 0 Å². The second-order valence-electron chi connectivity index (χ2n) is 4.21. The van der Waals surface area contributed by atoms with Gasteiger partial charge in [0.15, 0.2) is 0 Å². The Hall–Kier alpha value is -0.870. The maximum Gasteiger partial charge on any atom is 0.123 e. The summed E-state index contributed by atoms with van der Waals surface area (Å²) in [6.07, 6.45) is 0. The van der Waals surface area contributed by atoms with Crippen LogP contribution in [0.3, 0.4) is 0 Å². The molecule has 0 saturated carbocycles. The summed E-state index contributed by atoms with van der Waals surface area (Å²) in [5, 5.41) is 1.15. The van der Waals surface area contributed by atoms with E-state index >= 15 is 0 Å². The van der Waals surface area contributed by atoms with Crippen LogP contribution in [0.5, 0.6) is 5.75 Å². The monoisotopic (exact) mass is 327 g/mol. The van der Waals surface area contributed by atoms with E-state index in [0.717, 1.165) is 22.0 Å². The Morgan fingerprint density at radius 2 is 1.90 bits per heavy atom. The molecule has 0 aromatic heterocycles. The first-order valence-corrected chi connectivity index (χ1v) is 7.82. The fourth-order valence-electron chi connectivity index (χ4n) is 1.81. The number of methoxy groups -OCH3 is 1. The van der Waals surface area contributed by atoms with E-state index in [4.69, 9.17) is 33.7 Å². The minimum atomic E-state index is 0.467. The van der Waals surface area contributed by atoms with Crippen molar-refractivity contribution in [2.45, 2.75) is 17.2 Å². The maximum atomic E-state index is 6.00. The number of thioether (sulfide) groups is 1. The molecule has 5 heteroatoms. The van der Waals surface area contributed by atoms with Crippen molar-refractivity contribution in [1.82, 2.24) is 0 Å². The van der Waals surface area contributed by atoms with Crippen LogP contribution < -0.4 is 10.5 Å². The molecular formula is C15H15Cl2NOS. The molecule has 0 saturated heterocycles. The molecule has 2 aromatic carbocycles. The molecule has 0 fully saturated rings. The third-order valence-corrected chi connectivity index (χ3v) is 4.67. The summed E-state index contributed by atoms with van der Waals surface area (Å²) >= 11 is 13.6. The molecular weight excluding hydrogens is 313 g/mol. The van der Waals surface area contributed by atoms with E-state index in [1.54, 1.807) is 18.9 Å². The molecule has 2 N–H and O–H groups in total. The highest BCUT2D eigenvalue weighted by Crippen LogP contribution is 2.30. The standard InChI is InChI=1S/C15H15Cl2NOS/c1-19-15-5-2-10(6-11(15)8-18)9-20-12-3-4-13(16)14(17)7-12/h2-7H,8-9,18H2,1H3. The summed E-state index contributed by atoms with van der Waals surface area (Å²) in [7, 11) is 1.65. The minimum absolute atomic E-state index is 0.467. The lowest BCUT2D eigenvalue weighted by Gasteiger charge is -2.09. The molecule has 0 aliphatic rings. The Balaban J connectivity index is 2.08. The summed E-state index contributed by atoms with van der Waals surface area (Å²) in [5.74, 6) is 1.67. The van der Waals surface area contributed by atoms with Crippen LogP contribution in [-0.2, 0) is 12.3 Å². The highest BCUT2D eigenvalue weighted by molar-refractivity contribution is 7.98. The third kappa shape index (κ3) is 3.83. The second kappa shape index (κ2) is 7.23. The Morgan fingerprint density at radius 3 is 2.55 bits per heavy atom. The highest BCUT2D eigenvalue weighted by atomic mass is 35.5. The Bertz CT molecular complexity index is 604. The van der Waals surface area contributed by atoms with Crippen LogP contribution in [0, 0.1) is 0 Å². The average molecular weight is 328 g/mol. The van der Waals surface area contributed by atoms with Crippen molar-refractivity contribution in [3.05, 3.63) is 57.6 Å². The van der Waals surface area contributed by atoms with E-state index in [-0.39, 0.29) is 0 Å². The molecule has 0 aliphatic carbocycles. The first-order chi connectivity index (χ1) is 9.63. The van der Waals surface area contributed by atoms with Crippen LogP contribution in [0.4, 0.5) is 0 Å². The SMILES string of the molecule is COc1ccc(CSc2ccc(Cl)c(Cl)c2)cc1CN. The number of benzene rings is 2. The van der Waals surface area contributed by atoms with Gasteiger partial charge in [0.2, 0.25) is 0 Å². The number of halogens is 2. The summed E-state index contributed by atoms with van der Waals surface area (Å²) in [4.78, 5) is 1.09. The van der Waals surface area contributed by atoms with E-state index in [1.807, 2.05) is 30.3 Å². The lowest BCUT2D eigenvalue weighted by Crippen LogP contribution is -2.00. The average Bonchev–Trinajstić information content (AvgIpc) is 2.48. The van der Waals surface area contributed by atoms with E-state index in [2.05, 4.69) is 6.07 Å². The topological polar surface area (TPSA) is 35.2 Å². The Morgan fingerprint density at radius 1 is 1.10 bits per heavy atom. The maximum absolute atomic E-state index is 6.00. The molecule has 2 nitrogen and oxygen atoms in total. The van der Waals surface area contributed by atoms with E-state index in [9.17, 15) is 0 Å². The number of hydrogen-bond acceptors (Lipinski definition) is 3. The van der Waals surface area contributed by atoms with Crippen LogP contribution in [0.15, 0.2) is 41.3 Å². The van der Waals surface area contributed by atoms with E-state index < -0.39 is 0 Å². The number of rotatable bonds is 5. The lowest BCUT2D eigenvalue weighted by molar-refractivity contribution is 0.409. The molecule has 2 rings (SSSR count). The minimum Gasteiger partial charge on any atom is -0.496 e. The van der Waals surface area contributed by atoms with Crippen LogP contribution in [0.2, 0.25) is 10.0 Å². The molecule has 106 valence electrons. The van der Waals surface area contributed by atoms with Gasteiger partial charge in [-0.25, -0.2) is 0 Å². The smallest absolute Gasteiger partial charge is 0.123 e. The zero-order valence-electron chi connectivity index (χ0n) is 11.0. The summed E-state index contributed by atoms with van der Waals surface area (Å²) < 4.78 is 5.26. The van der Waals surface area contributed by atoms with E-state index in [1.165, 1.54) is 5.56 Å². The Labute approximate surface area is 133 Å². The van der Waals surface area contributed by atoms with Gasteiger partial charge in [-0.2, -0.15) is 0 Å². The van der Waals surface area contributed by atoms with Gasteiger partial charge in [0, 0.05) is 22.8 Å². The molecule has 0 unspecified atom stereocenters. The van der Waals surface area contributed by atoms with Crippen LogP contribution in [0.1, 0.15) is 11.1 Å². The molecule has 2 aromatic rings. The zero-order valence-corrected chi connectivity index (χ0v) is 13.4. The quantitative estimate of drug-likeness (QED) is 0.804. The van der Waals surface area contributed by atoms with Crippen molar-refractivity contribution in [3.8, 4) is 5.75 Å². The van der Waals surface area contributed by atoms with Crippen molar-refractivity contribution in [2.75, 3.05) is 7.11 Å². The Kier molecular flexibility index (Phi) is 5.61. The predicted octanol–water partition coefficient (Wildman–Crippen LogP) is 4.75. The molecule has 20 heavy (non-hydrogen) atoms. The fourth-order valence-corrected chi connectivity index (χ4v) is 3.06. The van der Waals surface area contributed by atoms with Gasteiger partial charge in [-0.15, -0.1) is 11.8 Å². The van der Waals surface area contributed by atoms with Gasteiger partial charge in [-0.05, 0) is 35.9 Å². The van der Waals surface area contributed by atoms with Gasteiger partial charge in [0.1, 0.15) is 5.75 Å². The lowest BCUT2D eigenvalue weighted by atomic mass is 10.1. The largest absolute Gasteiger partial charge is 0.496 e. The van der Waals surface area contributed by atoms with Gasteiger partial charge in [-0.1, -0.05) is 29.3 Å². The summed E-state index contributed by atoms with van der Waals surface area (Å²) in [6, 6.07) is 11.7. The van der Waals surface area contributed by atoms with Crippen molar-refractivity contribution >= 4 is 35.0 Å². The van der Waals surface area contributed by atoms with Gasteiger partial charge in [0.25, 0.3) is 0 Å². The third-order valence-electron chi connectivity index (χ3n) is 2.86. The van der Waals surface area contributed by atoms with Crippen LogP contribution in [0.25, 0.3) is 0 Å². The van der Waals surface area contributed by atoms with Gasteiger partial charge < -0.3 is 10.5 Å². The molecule has 0 radical (unpaired) electrons. The highest BCUT2D eigenvalue weighted by Gasteiger charge is 2.05. The molecule has 0 spiro atoms. The van der Waals surface area contributed by atoms with Gasteiger partial charge in [0.05, 0.1) is 17.2 Å². The fraction of sp³-hybridized carbons (Fsp3) is 0.200. The molecule has 0 bridgehead atoms. The van der Waals surface area contributed by atoms with Gasteiger partial charge >= 0.3 is 0 Å². The van der Waals surface area contributed by atoms with Crippen molar-refractivity contribution in [1.29, 1.82) is 0 Å². The summed E-state index contributed by atoms with van der Waals surface area (Å²) in [5.41, 5.74) is 7.93.